The quantitative estimate of drug-likeness (QED) is 0.789. The predicted molar refractivity (Wildman–Crippen MR) is 61.0 cm³/mol. The Balaban J connectivity index is 1.67. The van der Waals surface area contributed by atoms with Crippen LogP contribution in [0.5, 0.6) is 0 Å². The third kappa shape index (κ3) is 3.18. The van der Waals surface area contributed by atoms with Gasteiger partial charge in [-0.05, 0) is 19.1 Å². The van der Waals surface area contributed by atoms with Gasteiger partial charge in [0.05, 0.1) is 17.7 Å². The molecule has 0 aliphatic heterocycles. The lowest BCUT2D eigenvalue weighted by Crippen LogP contribution is -2.16. The van der Waals surface area contributed by atoms with E-state index >= 15 is 0 Å². The highest BCUT2D eigenvalue weighted by molar-refractivity contribution is 7.07. The average Bonchev–Trinajstić information content (AvgIpc) is 2.84. The first kappa shape index (κ1) is 10.4. The smallest absolute Gasteiger partial charge is 0.117 e. The maximum absolute atomic E-state index is 5.44. The van der Waals surface area contributed by atoms with Gasteiger partial charge in [-0.2, -0.15) is 0 Å². The van der Waals surface area contributed by atoms with E-state index in [1.165, 1.54) is 0 Å². The Morgan fingerprint density at radius 3 is 3.07 bits per heavy atom. The van der Waals surface area contributed by atoms with Gasteiger partial charge in [0.15, 0.2) is 0 Å². The number of rotatable bonds is 5. The van der Waals surface area contributed by atoms with E-state index < -0.39 is 0 Å². The molecule has 0 aliphatic carbocycles. The fourth-order valence-corrected chi connectivity index (χ4v) is 1.96. The minimum Gasteiger partial charge on any atom is -0.465 e. The number of hydrogen-bond acceptors (Lipinski definition) is 4. The van der Waals surface area contributed by atoms with Gasteiger partial charge < -0.3 is 9.73 Å². The Bertz CT molecular complexity index is 394. The highest BCUT2D eigenvalue weighted by atomic mass is 32.1. The van der Waals surface area contributed by atoms with Crippen LogP contribution in [0.25, 0.3) is 0 Å². The molecule has 0 fully saturated rings. The van der Waals surface area contributed by atoms with Crippen LogP contribution in [0.15, 0.2) is 27.4 Å². The van der Waals surface area contributed by atoms with Crippen LogP contribution in [0, 0.1) is 6.92 Å². The second-order valence-corrected chi connectivity index (χ2v) is 4.14. The van der Waals surface area contributed by atoms with Gasteiger partial charge in [0.2, 0.25) is 0 Å². The van der Waals surface area contributed by atoms with E-state index in [2.05, 4.69) is 15.7 Å². The number of furan rings is 1. The highest BCUT2D eigenvalue weighted by Gasteiger charge is 1.98. The maximum atomic E-state index is 5.44. The molecule has 0 saturated heterocycles. The third-order valence-corrected chi connectivity index (χ3v) is 2.77. The van der Waals surface area contributed by atoms with Crippen molar-refractivity contribution in [3.63, 3.8) is 0 Å². The summed E-state index contributed by atoms with van der Waals surface area (Å²) in [7, 11) is 0. The SMILES string of the molecule is Cc1ccc(CNCCc2cscn2)o1. The van der Waals surface area contributed by atoms with Crippen molar-refractivity contribution in [1.29, 1.82) is 0 Å². The van der Waals surface area contributed by atoms with Crippen LogP contribution in [-0.2, 0) is 13.0 Å². The minimum atomic E-state index is 0.790. The molecule has 0 atom stereocenters. The van der Waals surface area contributed by atoms with Crippen LogP contribution in [0.3, 0.4) is 0 Å². The molecule has 2 aromatic rings. The van der Waals surface area contributed by atoms with Gasteiger partial charge in [-0.1, -0.05) is 0 Å². The summed E-state index contributed by atoms with van der Waals surface area (Å²) in [4.78, 5) is 4.22. The molecule has 4 heteroatoms. The number of thiazole rings is 1. The third-order valence-electron chi connectivity index (χ3n) is 2.14. The minimum absolute atomic E-state index is 0.790. The van der Waals surface area contributed by atoms with Crippen LogP contribution in [0.2, 0.25) is 0 Å². The molecule has 0 spiro atoms. The van der Waals surface area contributed by atoms with E-state index in [4.69, 9.17) is 4.42 Å². The first-order valence-electron chi connectivity index (χ1n) is 4.98. The van der Waals surface area contributed by atoms with Gasteiger partial charge in [0, 0.05) is 18.3 Å². The number of hydrogen-bond donors (Lipinski definition) is 1. The summed E-state index contributed by atoms with van der Waals surface area (Å²) in [5.74, 6) is 1.96. The standard InChI is InChI=1S/C11H14N2OS/c1-9-2-3-11(14-9)6-12-5-4-10-7-15-8-13-10/h2-3,7-8,12H,4-6H2,1H3. The second-order valence-electron chi connectivity index (χ2n) is 3.42. The Morgan fingerprint density at radius 1 is 1.47 bits per heavy atom. The number of aryl methyl sites for hydroxylation is 1. The zero-order chi connectivity index (χ0) is 10.5. The summed E-state index contributed by atoms with van der Waals surface area (Å²) in [6, 6.07) is 3.99. The Morgan fingerprint density at radius 2 is 2.40 bits per heavy atom. The van der Waals surface area contributed by atoms with Crippen LogP contribution in [0.4, 0.5) is 0 Å². The van der Waals surface area contributed by atoms with Crippen molar-refractivity contribution < 1.29 is 4.42 Å². The largest absolute Gasteiger partial charge is 0.465 e. The van der Waals surface area contributed by atoms with Gasteiger partial charge in [0.25, 0.3) is 0 Å². The van der Waals surface area contributed by atoms with Crippen LogP contribution < -0.4 is 5.32 Å². The summed E-state index contributed by atoms with van der Waals surface area (Å²) in [5.41, 5.74) is 3.02. The molecule has 0 aliphatic rings. The summed E-state index contributed by atoms with van der Waals surface area (Å²) >= 11 is 1.64. The topological polar surface area (TPSA) is 38.1 Å². The van der Waals surface area contributed by atoms with Gasteiger partial charge in [-0.25, -0.2) is 4.98 Å². The van der Waals surface area contributed by atoms with Crippen LogP contribution in [-0.4, -0.2) is 11.5 Å². The first-order valence-corrected chi connectivity index (χ1v) is 5.92. The number of nitrogens with zero attached hydrogens (tertiary/aromatic N) is 1. The molecule has 0 bridgehead atoms. The molecule has 80 valence electrons. The van der Waals surface area contributed by atoms with Crippen molar-refractivity contribution in [1.82, 2.24) is 10.3 Å². The molecule has 0 unspecified atom stereocenters. The molecule has 0 radical (unpaired) electrons. The highest BCUT2D eigenvalue weighted by Crippen LogP contribution is 2.05. The van der Waals surface area contributed by atoms with Crippen molar-refractivity contribution in [2.24, 2.45) is 0 Å². The maximum Gasteiger partial charge on any atom is 0.117 e. The monoisotopic (exact) mass is 222 g/mol. The molecule has 2 rings (SSSR count). The van der Waals surface area contributed by atoms with Gasteiger partial charge >= 0.3 is 0 Å². The van der Waals surface area contributed by atoms with Crippen molar-refractivity contribution in [2.75, 3.05) is 6.54 Å². The van der Waals surface area contributed by atoms with E-state index in [-0.39, 0.29) is 0 Å². The molecule has 0 aromatic carbocycles. The molecular formula is C11H14N2OS. The Kier molecular flexibility index (Phi) is 3.53. The number of aromatic nitrogens is 1. The average molecular weight is 222 g/mol. The van der Waals surface area contributed by atoms with Crippen LogP contribution in [0.1, 0.15) is 17.2 Å². The molecule has 3 nitrogen and oxygen atoms in total. The van der Waals surface area contributed by atoms with E-state index in [0.717, 1.165) is 36.7 Å². The summed E-state index contributed by atoms with van der Waals surface area (Å²) < 4.78 is 5.44. The summed E-state index contributed by atoms with van der Waals surface area (Å²) in [6.45, 7) is 3.68. The lowest BCUT2D eigenvalue weighted by atomic mass is 10.3. The van der Waals surface area contributed by atoms with Gasteiger partial charge in [-0.3, -0.25) is 0 Å². The fourth-order valence-electron chi connectivity index (χ4n) is 1.37. The predicted octanol–water partition coefficient (Wildman–Crippen LogP) is 2.38. The van der Waals surface area contributed by atoms with Crippen molar-refractivity contribution in [3.05, 3.63) is 40.2 Å². The van der Waals surface area contributed by atoms with Gasteiger partial charge in [0.1, 0.15) is 11.5 Å². The Hall–Kier alpha value is -1.13. The van der Waals surface area contributed by atoms with E-state index in [0.29, 0.717) is 0 Å². The van der Waals surface area contributed by atoms with E-state index in [1.807, 2.05) is 24.6 Å². The van der Waals surface area contributed by atoms with E-state index in [9.17, 15) is 0 Å². The number of nitrogens with one attached hydrogen (secondary N) is 1. The van der Waals surface area contributed by atoms with Crippen molar-refractivity contribution >= 4 is 11.3 Å². The zero-order valence-electron chi connectivity index (χ0n) is 8.69. The van der Waals surface area contributed by atoms with Crippen LogP contribution >= 0.6 is 11.3 Å². The molecule has 2 aromatic heterocycles. The molecule has 0 amide bonds. The normalized spacial score (nSPS) is 10.7. The lowest BCUT2D eigenvalue weighted by Gasteiger charge is -2.00. The fraction of sp³-hybridized carbons (Fsp3) is 0.364. The molecule has 1 N–H and O–H groups in total. The second kappa shape index (κ2) is 5.09. The zero-order valence-corrected chi connectivity index (χ0v) is 9.51. The Labute approximate surface area is 93.2 Å². The summed E-state index contributed by atoms with van der Waals surface area (Å²) in [6.07, 6.45) is 0.975. The van der Waals surface area contributed by atoms with Crippen molar-refractivity contribution in [2.45, 2.75) is 19.9 Å². The molecule has 15 heavy (non-hydrogen) atoms. The van der Waals surface area contributed by atoms with E-state index in [1.54, 1.807) is 11.3 Å². The molecule has 2 heterocycles. The van der Waals surface area contributed by atoms with Crippen molar-refractivity contribution in [3.8, 4) is 0 Å². The summed E-state index contributed by atoms with van der Waals surface area (Å²) in [5, 5.41) is 5.41. The lowest BCUT2D eigenvalue weighted by molar-refractivity contribution is 0.462. The molecular weight excluding hydrogens is 208 g/mol. The first-order chi connectivity index (χ1) is 7.34. The molecule has 0 saturated carbocycles. The van der Waals surface area contributed by atoms with Gasteiger partial charge in [-0.15, -0.1) is 11.3 Å².